The quantitative estimate of drug-likeness (QED) is 0.893. The van der Waals surface area contributed by atoms with Crippen LogP contribution >= 0.6 is 0 Å². The molecular weight excluding hydrogens is 336 g/mol. The number of anilines is 1. The van der Waals surface area contributed by atoms with E-state index in [1.807, 2.05) is 31.2 Å². The average Bonchev–Trinajstić information content (AvgIpc) is 2.65. The van der Waals surface area contributed by atoms with Crippen molar-refractivity contribution in [2.24, 2.45) is 0 Å². The van der Waals surface area contributed by atoms with Gasteiger partial charge >= 0.3 is 0 Å². The minimum atomic E-state index is -3.63. The van der Waals surface area contributed by atoms with E-state index in [0.717, 1.165) is 30.5 Å². The number of nitrogens with one attached hydrogen (secondary N) is 1. The zero-order chi connectivity index (χ0) is 17.9. The second kappa shape index (κ2) is 7.27. The molecule has 1 amide bonds. The molecule has 5 nitrogen and oxygen atoms in total. The Morgan fingerprint density at radius 2 is 1.84 bits per heavy atom. The molecule has 0 radical (unpaired) electrons. The largest absolute Gasteiger partial charge is 0.352 e. The number of sulfonamides is 1. The fourth-order valence-electron chi connectivity index (χ4n) is 2.99. The van der Waals surface area contributed by atoms with Crippen molar-refractivity contribution in [1.29, 1.82) is 0 Å². The normalized spacial score (nSPS) is 14.0. The Morgan fingerprint density at radius 1 is 1.12 bits per heavy atom. The van der Waals surface area contributed by atoms with Gasteiger partial charge in [0.25, 0.3) is 15.9 Å². The third-order valence-corrected chi connectivity index (χ3v) is 6.14. The fraction of sp³-hybridized carbons (Fsp3) is 0.316. The van der Waals surface area contributed by atoms with Crippen molar-refractivity contribution in [3.05, 3.63) is 59.7 Å². The molecule has 2 aromatic rings. The zero-order valence-electron chi connectivity index (χ0n) is 14.2. The summed E-state index contributed by atoms with van der Waals surface area (Å²) < 4.78 is 27.5. The highest BCUT2D eigenvalue weighted by Crippen LogP contribution is 2.31. The summed E-state index contributed by atoms with van der Waals surface area (Å²) in [7, 11) is -3.63. The maximum absolute atomic E-state index is 13.0. The predicted molar refractivity (Wildman–Crippen MR) is 98.4 cm³/mol. The van der Waals surface area contributed by atoms with Crippen molar-refractivity contribution in [3.8, 4) is 0 Å². The van der Waals surface area contributed by atoms with E-state index < -0.39 is 10.0 Å². The SMILES string of the molecule is CCCNC(=O)c1ccc(S(=O)(=O)N2CCCc3ccccc32)cc1. The Balaban J connectivity index is 1.87. The third-order valence-electron chi connectivity index (χ3n) is 4.31. The number of hydrogen-bond acceptors (Lipinski definition) is 3. The lowest BCUT2D eigenvalue weighted by Crippen LogP contribution is -2.35. The minimum absolute atomic E-state index is 0.186. The minimum Gasteiger partial charge on any atom is -0.352 e. The summed E-state index contributed by atoms with van der Waals surface area (Å²) in [5.74, 6) is -0.186. The van der Waals surface area contributed by atoms with Crippen molar-refractivity contribution in [2.75, 3.05) is 17.4 Å². The molecule has 1 aliphatic heterocycles. The molecule has 0 aromatic heterocycles. The Labute approximate surface area is 148 Å². The van der Waals surface area contributed by atoms with Crippen molar-refractivity contribution in [2.45, 2.75) is 31.1 Å². The summed E-state index contributed by atoms with van der Waals surface area (Å²) in [6.07, 6.45) is 2.54. The molecule has 0 atom stereocenters. The highest BCUT2D eigenvalue weighted by Gasteiger charge is 2.28. The van der Waals surface area contributed by atoms with Gasteiger partial charge in [-0.2, -0.15) is 0 Å². The Bertz CT molecular complexity index is 860. The number of hydrogen-bond donors (Lipinski definition) is 1. The molecule has 0 fully saturated rings. The van der Waals surface area contributed by atoms with Crippen LogP contribution in [0.15, 0.2) is 53.4 Å². The van der Waals surface area contributed by atoms with Crippen LogP contribution in [-0.2, 0) is 16.4 Å². The summed E-state index contributed by atoms with van der Waals surface area (Å²) in [5, 5.41) is 2.78. The molecule has 0 bridgehead atoms. The number of benzene rings is 2. The summed E-state index contributed by atoms with van der Waals surface area (Å²) in [5.41, 5.74) is 2.26. The van der Waals surface area contributed by atoms with Gasteiger partial charge in [0.1, 0.15) is 0 Å². The average molecular weight is 358 g/mol. The topological polar surface area (TPSA) is 66.5 Å². The Morgan fingerprint density at radius 3 is 2.56 bits per heavy atom. The number of carbonyl (C=O) groups excluding carboxylic acids is 1. The van der Waals surface area contributed by atoms with E-state index in [-0.39, 0.29) is 10.8 Å². The number of rotatable bonds is 5. The lowest BCUT2D eigenvalue weighted by atomic mass is 10.0. The Hall–Kier alpha value is -2.34. The predicted octanol–water partition coefficient (Wildman–Crippen LogP) is 2.97. The maximum Gasteiger partial charge on any atom is 0.264 e. The van der Waals surface area contributed by atoms with Gasteiger partial charge in [0.2, 0.25) is 0 Å². The molecule has 1 heterocycles. The van der Waals surface area contributed by atoms with Gasteiger partial charge in [0.15, 0.2) is 0 Å². The lowest BCUT2D eigenvalue weighted by Gasteiger charge is -2.30. The van der Waals surface area contributed by atoms with Crippen LogP contribution in [0, 0.1) is 0 Å². The highest BCUT2D eigenvalue weighted by atomic mass is 32.2. The van der Waals surface area contributed by atoms with Crippen LogP contribution < -0.4 is 9.62 Å². The first kappa shape index (κ1) is 17.5. The first-order valence-electron chi connectivity index (χ1n) is 8.53. The van der Waals surface area contributed by atoms with E-state index in [2.05, 4.69) is 5.32 Å². The van der Waals surface area contributed by atoms with Gasteiger partial charge in [0, 0.05) is 18.7 Å². The van der Waals surface area contributed by atoms with Crippen molar-refractivity contribution < 1.29 is 13.2 Å². The molecule has 3 rings (SSSR count). The molecule has 1 aliphatic rings. The van der Waals surface area contributed by atoms with Crippen LogP contribution in [0.1, 0.15) is 35.7 Å². The van der Waals surface area contributed by atoms with E-state index in [0.29, 0.717) is 18.7 Å². The monoisotopic (exact) mass is 358 g/mol. The van der Waals surface area contributed by atoms with Crippen LogP contribution in [0.2, 0.25) is 0 Å². The first-order valence-corrected chi connectivity index (χ1v) is 9.97. The van der Waals surface area contributed by atoms with Crippen LogP contribution in [0.5, 0.6) is 0 Å². The number of aryl methyl sites for hydroxylation is 1. The maximum atomic E-state index is 13.0. The molecule has 25 heavy (non-hydrogen) atoms. The number of amides is 1. The second-order valence-corrected chi connectivity index (χ2v) is 7.95. The summed E-state index contributed by atoms with van der Waals surface area (Å²) in [6, 6.07) is 13.7. The molecule has 0 unspecified atom stereocenters. The number of nitrogens with zero attached hydrogens (tertiary/aromatic N) is 1. The molecule has 0 spiro atoms. The highest BCUT2D eigenvalue weighted by molar-refractivity contribution is 7.92. The number of fused-ring (bicyclic) bond motifs is 1. The van der Waals surface area contributed by atoms with E-state index in [1.54, 1.807) is 12.1 Å². The molecule has 2 aromatic carbocycles. The van der Waals surface area contributed by atoms with Gasteiger partial charge in [-0.25, -0.2) is 8.42 Å². The van der Waals surface area contributed by atoms with Gasteiger partial charge in [-0.3, -0.25) is 9.10 Å². The lowest BCUT2D eigenvalue weighted by molar-refractivity contribution is 0.0953. The van der Waals surface area contributed by atoms with Crippen molar-refractivity contribution >= 4 is 21.6 Å². The molecule has 0 saturated carbocycles. The summed E-state index contributed by atoms with van der Waals surface area (Å²) >= 11 is 0. The van der Waals surface area contributed by atoms with Crippen molar-refractivity contribution in [3.63, 3.8) is 0 Å². The van der Waals surface area contributed by atoms with E-state index in [9.17, 15) is 13.2 Å². The molecule has 0 saturated heterocycles. The molecule has 1 N–H and O–H groups in total. The van der Waals surface area contributed by atoms with Crippen molar-refractivity contribution in [1.82, 2.24) is 5.32 Å². The standard InChI is InChI=1S/C19H22N2O3S/c1-2-13-20-19(22)16-9-11-17(12-10-16)25(23,24)21-14-5-7-15-6-3-4-8-18(15)21/h3-4,6,8-12H,2,5,7,13-14H2,1H3,(H,20,22). The van der Waals surface area contributed by atoms with E-state index in [1.165, 1.54) is 16.4 Å². The van der Waals surface area contributed by atoms with Gasteiger partial charge in [-0.05, 0) is 55.2 Å². The summed E-state index contributed by atoms with van der Waals surface area (Å²) in [4.78, 5) is 12.2. The van der Waals surface area contributed by atoms with E-state index in [4.69, 9.17) is 0 Å². The third kappa shape index (κ3) is 3.54. The zero-order valence-corrected chi connectivity index (χ0v) is 15.1. The summed E-state index contributed by atoms with van der Waals surface area (Å²) in [6.45, 7) is 3.05. The van der Waals surface area contributed by atoms with Gasteiger partial charge in [0.05, 0.1) is 10.6 Å². The number of para-hydroxylation sites is 1. The van der Waals surface area contributed by atoms with Gasteiger partial charge < -0.3 is 5.32 Å². The van der Waals surface area contributed by atoms with Crippen LogP contribution in [0.3, 0.4) is 0 Å². The smallest absolute Gasteiger partial charge is 0.264 e. The molecular formula is C19H22N2O3S. The van der Waals surface area contributed by atoms with E-state index >= 15 is 0 Å². The molecule has 6 heteroatoms. The Kier molecular flexibility index (Phi) is 5.08. The second-order valence-electron chi connectivity index (χ2n) is 6.09. The number of carbonyl (C=O) groups is 1. The van der Waals surface area contributed by atoms with Gasteiger partial charge in [-0.1, -0.05) is 25.1 Å². The molecule has 132 valence electrons. The van der Waals surface area contributed by atoms with Crippen LogP contribution in [-0.4, -0.2) is 27.4 Å². The van der Waals surface area contributed by atoms with Crippen LogP contribution in [0.25, 0.3) is 0 Å². The first-order chi connectivity index (χ1) is 12.0. The van der Waals surface area contributed by atoms with Crippen LogP contribution in [0.4, 0.5) is 5.69 Å². The van der Waals surface area contributed by atoms with Gasteiger partial charge in [-0.15, -0.1) is 0 Å². The molecule has 0 aliphatic carbocycles. The fourth-order valence-corrected chi connectivity index (χ4v) is 4.54.